The molecule has 1 aliphatic rings. The Kier molecular flexibility index (Phi) is 5.31. The minimum absolute atomic E-state index is 0.00553. The molecule has 3 rings (SSSR count). The third-order valence-electron chi connectivity index (χ3n) is 4.65. The lowest BCUT2D eigenvalue weighted by Crippen LogP contribution is -2.37. The van der Waals surface area contributed by atoms with Gasteiger partial charge < -0.3 is 9.64 Å². The van der Waals surface area contributed by atoms with Crippen molar-refractivity contribution in [2.75, 3.05) is 25.7 Å². The first-order valence-electron chi connectivity index (χ1n) is 8.51. The maximum atomic E-state index is 12.6. The second-order valence-electron chi connectivity index (χ2n) is 6.62. The van der Waals surface area contributed by atoms with Gasteiger partial charge in [0, 0.05) is 37.3 Å². The van der Waals surface area contributed by atoms with Crippen molar-refractivity contribution < 1.29 is 17.9 Å². The van der Waals surface area contributed by atoms with Crippen LogP contribution in [-0.4, -0.2) is 54.7 Å². The predicted octanol–water partition coefficient (Wildman–Crippen LogP) is 1.66. The van der Waals surface area contributed by atoms with Crippen molar-refractivity contribution in [2.45, 2.75) is 19.4 Å². The fourth-order valence-electron chi connectivity index (χ4n) is 3.14. The topological polar surface area (TPSA) is 81.5 Å². The van der Waals surface area contributed by atoms with E-state index in [1.807, 2.05) is 30.5 Å². The van der Waals surface area contributed by atoms with Crippen LogP contribution in [0.2, 0.25) is 0 Å². The van der Waals surface area contributed by atoms with E-state index in [1.165, 1.54) is 0 Å². The van der Waals surface area contributed by atoms with Crippen LogP contribution in [0.5, 0.6) is 5.75 Å². The highest BCUT2D eigenvalue weighted by Crippen LogP contribution is 2.22. The van der Waals surface area contributed by atoms with E-state index in [0.717, 1.165) is 17.0 Å². The number of hydrogen-bond donors (Lipinski definition) is 0. The van der Waals surface area contributed by atoms with Gasteiger partial charge in [0.15, 0.2) is 0 Å². The minimum Gasteiger partial charge on any atom is -0.497 e. The molecule has 0 radical (unpaired) electrons. The van der Waals surface area contributed by atoms with Crippen molar-refractivity contribution in [3.8, 4) is 11.4 Å². The second kappa shape index (κ2) is 7.49. The van der Waals surface area contributed by atoms with Gasteiger partial charge in [0.1, 0.15) is 15.6 Å². The Balaban J connectivity index is 1.64. The first kappa shape index (κ1) is 18.4. The van der Waals surface area contributed by atoms with Gasteiger partial charge in [-0.1, -0.05) is 6.07 Å². The Labute approximate surface area is 153 Å². The summed E-state index contributed by atoms with van der Waals surface area (Å²) in [5, 5.41) is 4.35. The third-order valence-corrected chi connectivity index (χ3v) is 6.37. The largest absolute Gasteiger partial charge is 0.497 e. The lowest BCUT2D eigenvalue weighted by molar-refractivity contribution is -0.135. The van der Waals surface area contributed by atoms with Crippen LogP contribution in [0.3, 0.4) is 0 Å². The number of methoxy groups -OCH3 is 1. The minimum atomic E-state index is -2.96. The van der Waals surface area contributed by atoms with E-state index in [1.54, 1.807) is 29.9 Å². The molecule has 2 aromatic rings. The molecular weight excluding hydrogens is 354 g/mol. The molecule has 0 spiro atoms. The molecule has 0 bridgehead atoms. The highest BCUT2D eigenvalue weighted by Gasteiger charge is 2.30. The van der Waals surface area contributed by atoms with E-state index in [4.69, 9.17) is 4.74 Å². The number of amides is 1. The fraction of sp³-hybridized carbons (Fsp3) is 0.444. The van der Waals surface area contributed by atoms with Gasteiger partial charge >= 0.3 is 0 Å². The van der Waals surface area contributed by atoms with Gasteiger partial charge in [0.25, 0.3) is 0 Å². The smallest absolute Gasteiger partial charge is 0.225 e. The number of aromatic nitrogens is 2. The molecule has 7 nitrogen and oxygen atoms in total. The molecule has 0 aliphatic carbocycles. The number of rotatable bonds is 5. The molecular formula is C18H23N3O4S. The zero-order valence-corrected chi connectivity index (χ0v) is 15.8. The molecule has 1 aromatic heterocycles. The third kappa shape index (κ3) is 4.24. The van der Waals surface area contributed by atoms with Crippen molar-refractivity contribution >= 4 is 15.7 Å². The van der Waals surface area contributed by atoms with Crippen molar-refractivity contribution in [1.82, 2.24) is 14.7 Å². The molecule has 0 saturated carbocycles. The zero-order chi connectivity index (χ0) is 18.7. The molecule has 0 N–H and O–H groups in total. The summed E-state index contributed by atoms with van der Waals surface area (Å²) in [7, 11) is 0.399. The van der Waals surface area contributed by atoms with E-state index in [9.17, 15) is 13.2 Å². The highest BCUT2D eigenvalue weighted by atomic mass is 32.2. The van der Waals surface area contributed by atoms with E-state index < -0.39 is 9.84 Å². The zero-order valence-electron chi connectivity index (χ0n) is 15.0. The molecule has 2 heterocycles. The van der Waals surface area contributed by atoms with Gasteiger partial charge in [-0.25, -0.2) is 13.1 Å². The molecule has 140 valence electrons. The Morgan fingerprint density at radius 3 is 2.77 bits per heavy atom. The maximum absolute atomic E-state index is 12.6. The average molecular weight is 377 g/mol. The highest BCUT2D eigenvalue weighted by molar-refractivity contribution is 7.91. The van der Waals surface area contributed by atoms with Gasteiger partial charge in [0.2, 0.25) is 5.91 Å². The van der Waals surface area contributed by atoms with Crippen LogP contribution in [-0.2, 0) is 21.2 Å². The summed E-state index contributed by atoms with van der Waals surface area (Å²) in [4.78, 5) is 14.2. The van der Waals surface area contributed by atoms with Crippen molar-refractivity contribution in [1.29, 1.82) is 0 Å². The van der Waals surface area contributed by atoms with Crippen LogP contribution in [0.25, 0.3) is 5.69 Å². The predicted molar refractivity (Wildman–Crippen MR) is 98.0 cm³/mol. The van der Waals surface area contributed by atoms with Crippen molar-refractivity contribution in [3.05, 3.63) is 42.2 Å². The summed E-state index contributed by atoms with van der Waals surface area (Å²) in [6.45, 7) is 0.437. The fourth-order valence-corrected chi connectivity index (χ4v) is 4.63. The summed E-state index contributed by atoms with van der Waals surface area (Å²) in [5.74, 6) is 0.737. The Bertz CT molecular complexity index is 877. The molecule has 1 fully saturated rings. The van der Waals surface area contributed by atoms with E-state index in [0.29, 0.717) is 19.4 Å². The summed E-state index contributed by atoms with van der Waals surface area (Å²) in [6, 6.07) is 7.57. The Morgan fingerprint density at radius 1 is 1.35 bits per heavy atom. The summed E-state index contributed by atoms with van der Waals surface area (Å²) >= 11 is 0. The van der Waals surface area contributed by atoms with Crippen LogP contribution in [0.1, 0.15) is 18.4 Å². The number of carbonyl (C=O) groups is 1. The molecule has 26 heavy (non-hydrogen) atoms. The normalized spacial score (nSPS) is 17.0. The lowest BCUT2D eigenvalue weighted by atomic mass is 10.0. The molecule has 8 heteroatoms. The first-order valence-corrected chi connectivity index (χ1v) is 10.3. The van der Waals surface area contributed by atoms with Gasteiger partial charge in [-0.05, 0) is 25.0 Å². The van der Waals surface area contributed by atoms with Crippen molar-refractivity contribution in [3.63, 3.8) is 0 Å². The molecule has 1 saturated heterocycles. The molecule has 1 aromatic carbocycles. The van der Waals surface area contributed by atoms with Crippen molar-refractivity contribution in [2.24, 2.45) is 5.92 Å². The monoisotopic (exact) mass is 377 g/mol. The van der Waals surface area contributed by atoms with Crippen LogP contribution in [0.4, 0.5) is 0 Å². The summed E-state index contributed by atoms with van der Waals surface area (Å²) < 4.78 is 30.0. The molecule has 1 aliphatic heterocycles. The molecule has 1 amide bonds. The van der Waals surface area contributed by atoms with Crippen LogP contribution >= 0.6 is 0 Å². The van der Waals surface area contributed by atoms with E-state index >= 15 is 0 Å². The molecule has 0 unspecified atom stereocenters. The van der Waals surface area contributed by atoms with E-state index in [-0.39, 0.29) is 23.3 Å². The number of nitrogens with zero attached hydrogens (tertiary/aromatic N) is 3. The van der Waals surface area contributed by atoms with Gasteiger partial charge in [-0.15, -0.1) is 0 Å². The standard InChI is InChI=1S/C18H23N3O4S/c1-20(18(22)15-6-8-26(23,24)9-7-15)12-14-11-19-21(13-14)16-4-3-5-17(10-16)25-2/h3-5,10-11,13,15H,6-9,12H2,1-2H3. The SMILES string of the molecule is COc1cccc(-n2cc(CN(C)C(=O)C3CCS(=O)(=O)CC3)cn2)c1. The second-order valence-corrected chi connectivity index (χ2v) is 8.92. The number of benzene rings is 1. The number of hydrogen-bond acceptors (Lipinski definition) is 5. The Morgan fingerprint density at radius 2 is 2.08 bits per heavy atom. The number of carbonyl (C=O) groups excluding carboxylic acids is 1. The number of sulfone groups is 1. The summed E-state index contributed by atoms with van der Waals surface area (Å²) in [5.41, 5.74) is 1.79. The number of ether oxygens (including phenoxy) is 1. The van der Waals surface area contributed by atoms with Crippen LogP contribution in [0, 0.1) is 5.92 Å². The first-order chi connectivity index (χ1) is 12.4. The molecule has 0 atom stereocenters. The van der Waals surface area contributed by atoms with Crippen LogP contribution in [0.15, 0.2) is 36.7 Å². The van der Waals surface area contributed by atoms with Gasteiger partial charge in [-0.2, -0.15) is 5.10 Å². The lowest BCUT2D eigenvalue weighted by Gasteiger charge is -2.26. The summed E-state index contributed by atoms with van der Waals surface area (Å²) in [6.07, 6.45) is 4.43. The van der Waals surface area contributed by atoms with Crippen LogP contribution < -0.4 is 4.74 Å². The average Bonchev–Trinajstić information content (AvgIpc) is 3.09. The Hall–Kier alpha value is -2.35. The van der Waals surface area contributed by atoms with Gasteiger partial charge in [-0.3, -0.25) is 4.79 Å². The quantitative estimate of drug-likeness (QED) is 0.792. The van der Waals surface area contributed by atoms with Gasteiger partial charge in [0.05, 0.1) is 30.5 Å². The van der Waals surface area contributed by atoms with E-state index in [2.05, 4.69) is 5.10 Å². The maximum Gasteiger partial charge on any atom is 0.225 e.